The largest absolute Gasteiger partial charge is 0.482 e. The summed E-state index contributed by atoms with van der Waals surface area (Å²) in [6.45, 7) is 0.338. The molecule has 0 amide bonds. The highest BCUT2D eigenvalue weighted by Crippen LogP contribution is 2.39. The number of benzene rings is 2. The van der Waals surface area contributed by atoms with E-state index in [2.05, 4.69) is 0 Å². The van der Waals surface area contributed by atoms with Crippen molar-refractivity contribution in [3.8, 4) is 11.5 Å². The van der Waals surface area contributed by atoms with E-state index in [1.807, 2.05) is 54.6 Å². The van der Waals surface area contributed by atoms with Crippen molar-refractivity contribution < 1.29 is 14.2 Å². The normalized spacial score (nSPS) is 21.6. The highest BCUT2D eigenvalue weighted by molar-refractivity contribution is 5.42. The molecule has 3 nitrogen and oxygen atoms in total. The van der Waals surface area contributed by atoms with Gasteiger partial charge in [0.15, 0.2) is 18.1 Å². The molecule has 0 spiro atoms. The highest BCUT2D eigenvalue weighted by atomic mass is 16.7. The Morgan fingerprint density at radius 2 is 1.61 bits per heavy atom. The maximum Gasteiger partial charge on any atom is 0.271 e. The Balaban J connectivity index is 2.01. The topological polar surface area (TPSA) is 27.7 Å². The quantitative estimate of drug-likeness (QED) is 0.810. The molecule has 3 heteroatoms. The van der Waals surface area contributed by atoms with Gasteiger partial charge in [0, 0.05) is 12.7 Å². The molecule has 0 saturated heterocycles. The zero-order valence-electron chi connectivity index (χ0n) is 10.1. The van der Waals surface area contributed by atoms with E-state index in [9.17, 15) is 0 Å². The molecular formula is C15H14O3. The molecule has 0 radical (unpaired) electrons. The van der Waals surface area contributed by atoms with Gasteiger partial charge in [-0.25, -0.2) is 0 Å². The highest BCUT2D eigenvalue weighted by Gasteiger charge is 2.39. The molecule has 1 aliphatic heterocycles. The lowest BCUT2D eigenvalue weighted by atomic mass is 10.1. The molecule has 0 aromatic heterocycles. The lowest BCUT2D eigenvalue weighted by molar-refractivity contribution is -0.204. The molecule has 1 heterocycles. The Hall–Kier alpha value is -2.00. The van der Waals surface area contributed by atoms with Crippen molar-refractivity contribution >= 4 is 0 Å². The lowest BCUT2D eigenvalue weighted by Crippen LogP contribution is -2.43. The molecule has 2 aromatic rings. The molecule has 1 atom stereocenters. The smallest absolute Gasteiger partial charge is 0.271 e. The zero-order chi connectivity index (χ0) is 12.4. The Morgan fingerprint density at radius 3 is 2.33 bits per heavy atom. The van der Waals surface area contributed by atoms with Gasteiger partial charge in [-0.1, -0.05) is 42.5 Å². The Kier molecular flexibility index (Phi) is 2.68. The summed E-state index contributed by atoms with van der Waals surface area (Å²) in [6, 6.07) is 17.4. The SMILES string of the molecule is COC1(c2ccccc2)COc2ccccc2O1. The van der Waals surface area contributed by atoms with E-state index in [0.29, 0.717) is 12.4 Å². The van der Waals surface area contributed by atoms with Gasteiger partial charge >= 0.3 is 0 Å². The minimum Gasteiger partial charge on any atom is -0.482 e. The predicted molar refractivity (Wildman–Crippen MR) is 67.7 cm³/mol. The van der Waals surface area contributed by atoms with Crippen LogP contribution >= 0.6 is 0 Å². The maximum absolute atomic E-state index is 6.01. The summed E-state index contributed by atoms with van der Waals surface area (Å²) in [7, 11) is 1.63. The second-order valence-electron chi connectivity index (χ2n) is 4.16. The van der Waals surface area contributed by atoms with Crippen LogP contribution in [0.5, 0.6) is 11.5 Å². The Bertz CT molecular complexity index is 538. The molecule has 0 bridgehead atoms. The van der Waals surface area contributed by atoms with Gasteiger partial charge in [0.05, 0.1) is 0 Å². The number of rotatable bonds is 2. The van der Waals surface area contributed by atoms with Crippen LogP contribution in [0, 0.1) is 0 Å². The van der Waals surface area contributed by atoms with E-state index in [1.54, 1.807) is 7.11 Å². The van der Waals surface area contributed by atoms with E-state index < -0.39 is 5.79 Å². The van der Waals surface area contributed by atoms with Crippen LogP contribution in [0.25, 0.3) is 0 Å². The van der Waals surface area contributed by atoms with Crippen LogP contribution in [-0.4, -0.2) is 13.7 Å². The molecule has 2 aromatic carbocycles. The fourth-order valence-electron chi connectivity index (χ4n) is 2.09. The number of para-hydroxylation sites is 2. The number of hydrogen-bond acceptors (Lipinski definition) is 3. The van der Waals surface area contributed by atoms with Crippen molar-refractivity contribution in [2.24, 2.45) is 0 Å². The summed E-state index contributed by atoms with van der Waals surface area (Å²) in [4.78, 5) is 0. The van der Waals surface area contributed by atoms with Crippen molar-refractivity contribution in [2.45, 2.75) is 5.79 Å². The summed E-state index contributed by atoms with van der Waals surface area (Å²) in [6.07, 6.45) is 0. The first-order valence-electron chi connectivity index (χ1n) is 5.86. The van der Waals surface area contributed by atoms with Gasteiger partial charge in [0.1, 0.15) is 0 Å². The van der Waals surface area contributed by atoms with E-state index >= 15 is 0 Å². The molecule has 0 saturated carbocycles. The zero-order valence-corrected chi connectivity index (χ0v) is 10.1. The Morgan fingerprint density at radius 1 is 0.944 bits per heavy atom. The summed E-state index contributed by atoms with van der Waals surface area (Å²) in [5.74, 6) is 0.589. The second-order valence-corrected chi connectivity index (χ2v) is 4.16. The number of methoxy groups -OCH3 is 1. The molecule has 0 fully saturated rings. The first-order valence-corrected chi connectivity index (χ1v) is 5.86. The standard InChI is InChI=1S/C15H14O3/c1-16-15(12-7-3-2-4-8-12)11-17-13-9-5-6-10-14(13)18-15/h2-10H,11H2,1H3. The monoisotopic (exact) mass is 242 g/mol. The summed E-state index contributed by atoms with van der Waals surface area (Å²) >= 11 is 0. The van der Waals surface area contributed by atoms with Crippen LogP contribution in [0.4, 0.5) is 0 Å². The van der Waals surface area contributed by atoms with Gasteiger partial charge in [-0.3, -0.25) is 0 Å². The third kappa shape index (κ3) is 1.73. The third-order valence-electron chi connectivity index (χ3n) is 3.09. The van der Waals surface area contributed by atoms with Crippen molar-refractivity contribution in [3.05, 3.63) is 60.2 Å². The van der Waals surface area contributed by atoms with Crippen molar-refractivity contribution in [2.75, 3.05) is 13.7 Å². The lowest BCUT2D eigenvalue weighted by Gasteiger charge is -2.37. The van der Waals surface area contributed by atoms with Crippen LogP contribution in [0.3, 0.4) is 0 Å². The van der Waals surface area contributed by atoms with Gasteiger partial charge in [-0.05, 0) is 12.1 Å². The minimum atomic E-state index is -0.865. The average molecular weight is 242 g/mol. The summed E-state index contributed by atoms with van der Waals surface area (Å²) < 4.78 is 17.3. The number of fused-ring (bicyclic) bond motifs is 1. The van der Waals surface area contributed by atoms with Crippen LogP contribution in [0.2, 0.25) is 0 Å². The molecule has 18 heavy (non-hydrogen) atoms. The van der Waals surface area contributed by atoms with Crippen LogP contribution in [0.15, 0.2) is 54.6 Å². The van der Waals surface area contributed by atoms with E-state index in [4.69, 9.17) is 14.2 Å². The Labute approximate surface area is 106 Å². The molecule has 1 unspecified atom stereocenters. The van der Waals surface area contributed by atoms with E-state index in [-0.39, 0.29) is 0 Å². The van der Waals surface area contributed by atoms with Gasteiger partial charge in [0.25, 0.3) is 5.79 Å². The van der Waals surface area contributed by atoms with Crippen molar-refractivity contribution in [3.63, 3.8) is 0 Å². The third-order valence-corrected chi connectivity index (χ3v) is 3.09. The predicted octanol–water partition coefficient (Wildman–Crippen LogP) is 2.96. The summed E-state index contributed by atoms with van der Waals surface area (Å²) in [5.41, 5.74) is 0.946. The van der Waals surface area contributed by atoms with Gasteiger partial charge in [-0.2, -0.15) is 0 Å². The fraction of sp³-hybridized carbons (Fsp3) is 0.200. The van der Waals surface area contributed by atoms with Gasteiger partial charge in [-0.15, -0.1) is 0 Å². The maximum atomic E-state index is 6.01. The fourth-order valence-corrected chi connectivity index (χ4v) is 2.09. The molecule has 92 valence electrons. The van der Waals surface area contributed by atoms with Gasteiger partial charge in [0.2, 0.25) is 0 Å². The van der Waals surface area contributed by atoms with Crippen LogP contribution < -0.4 is 9.47 Å². The average Bonchev–Trinajstić information content (AvgIpc) is 2.47. The van der Waals surface area contributed by atoms with Crippen LogP contribution in [0.1, 0.15) is 5.56 Å². The second kappa shape index (κ2) is 4.35. The number of ether oxygens (including phenoxy) is 3. The number of hydrogen-bond donors (Lipinski definition) is 0. The minimum absolute atomic E-state index is 0.338. The van der Waals surface area contributed by atoms with Gasteiger partial charge < -0.3 is 14.2 Å². The van der Waals surface area contributed by atoms with E-state index in [0.717, 1.165) is 11.3 Å². The molecule has 3 rings (SSSR count). The first kappa shape index (κ1) is 11.1. The molecule has 0 N–H and O–H groups in total. The molecular weight excluding hydrogens is 228 g/mol. The first-order chi connectivity index (χ1) is 8.84. The molecule has 0 aliphatic carbocycles. The van der Waals surface area contributed by atoms with Crippen molar-refractivity contribution in [1.82, 2.24) is 0 Å². The van der Waals surface area contributed by atoms with Crippen molar-refractivity contribution in [1.29, 1.82) is 0 Å². The van der Waals surface area contributed by atoms with E-state index in [1.165, 1.54) is 0 Å². The van der Waals surface area contributed by atoms with Crippen LogP contribution in [-0.2, 0) is 10.5 Å². The molecule has 1 aliphatic rings. The summed E-state index contributed by atoms with van der Waals surface area (Å²) in [5, 5.41) is 0.